The number of aryl methyl sites for hydroxylation is 1. The van der Waals surface area contributed by atoms with Crippen LogP contribution in [0.4, 0.5) is 0 Å². The van der Waals surface area contributed by atoms with Crippen LogP contribution >= 0.6 is 0 Å². The Morgan fingerprint density at radius 1 is 0.293 bits per heavy atom. The summed E-state index contributed by atoms with van der Waals surface area (Å²) in [6.45, 7) is 2.24. The summed E-state index contributed by atoms with van der Waals surface area (Å²) in [5, 5.41) is 10.6. The van der Waals surface area contributed by atoms with E-state index in [4.69, 9.17) is 0 Å². The summed E-state index contributed by atoms with van der Waals surface area (Å²) in [4.78, 5) is 0. The molecule has 190 valence electrons. The van der Waals surface area contributed by atoms with Crippen molar-refractivity contribution in [2.75, 3.05) is 0 Å². The van der Waals surface area contributed by atoms with Crippen LogP contribution in [0, 0.1) is 6.92 Å². The van der Waals surface area contributed by atoms with Gasteiger partial charge in [-0.15, -0.1) is 0 Å². The number of fused-ring (bicyclic) bond motifs is 9. The minimum absolute atomic E-state index is 1.26. The van der Waals surface area contributed by atoms with Gasteiger partial charge in [-0.1, -0.05) is 140 Å². The van der Waals surface area contributed by atoms with Crippen LogP contribution in [-0.2, 0) is 0 Å². The van der Waals surface area contributed by atoms with Gasteiger partial charge in [-0.2, -0.15) is 0 Å². The standard InChI is InChI=1S/C41H26/c1-25-23-24-34-37-28(25)21-12-22-33(37)40-35(26-13-4-2-5-14-26)38-31-19-10-8-17-29(31)30-18-9-11-20-32(30)39(38)36(41(34)40)27-15-6-3-7-16-27/h2-24H,1H3. The molecule has 0 radical (unpaired) electrons. The van der Waals surface area contributed by atoms with Gasteiger partial charge in [0.25, 0.3) is 0 Å². The quantitative estimate of drug-likeness (QED) is 0.200. The third-order valence-corrected chi connectivity index (χ3v) is 9.11. The van der Waals surface area contributed by atoms with E-state index in [1.54, 1.807) is 0 Å². The predicted molar refractivity (Wildman–Crippen MR) is 177 cm³/mol. The lowest BCUT2D eigenvalue weighted by Crippen LogP contribution is -1.96. The molecule has 8 aromatic rings. The van der Waals surface area contributed by atoms with Gasteiger partial charge in [0.15, 0.2) is 0 Å². The molecule has 0 heterocycles. The number of benzene rings is 8. The van der Waals surface area contributed by atoms with Gasteiger partial charge in [0, 0.05) is 0 Å². The first-order chi connectivity index (χ1) is 20.3. The molecule has 0 heteroatoms. The minimum atomic E-state index is 1.26. The fourth-order valence-corrected chi connectivity index (χ4v) is 7.46. The SMILES string of the molecule is Cc1ccc2c3c(cccc13)-c1c-2c(-c2ccccc2)c2c3ccccc3c3ccccc3c2c1-c1ccccc1. The highest BCUT2D eigenvalue weighted by molar-refractivity contribution is 6.37. The largest absolute Gasteiger partial charge is 0.0622 e. The van der Waals surface area contributed by atoms with E-state index >= 15 is 0 Å². The molecule has 0 saturated heterocycles. The second-order valence-electron chi connectivity index (χ2n) is 11.2. The van der Waals surface area contributed by atoms with Gasteiger partial charge < -0.3 is 0 Å². The fourth-order valence-electron chi connectivity index (χ4n) is 7.46. The summed E-state index contributed by atoms with van der Waals surface area (Å²) in [6, 6.07) is 51.6. The molecule has 1 aliphatic carbocycles. The average Bonchev–Trinajstić information content (AvgIpc) is 3.37. The highest BCUT2D eigenvalue weighted by Crippen LogP contribution is 2.59. The van der Waals surface area contributed by atoms with Crippen molar-refractivity contribution in [1.82, 2.24) is 0 Å². The van der Waals surface area contributed by atoms with Gasteiger partial charge in [-0.3, -0.25) is 0 Å². The number of hydrogen-bond acceptors (Lipinski definition) is 0. The molecule has 0 fully saturated rings. The van der Waals surface area contributed by atoms with E-state index in [1.165, 1.54) is 93.2 Å². The van der Waals surface area contributed by atoms with Crippen LogP contribution < -0.4 is 0 Å². The van der Waals surface area contributed by atoms with Crippen molar-refractivity contribution >= 4 is 43.1 Å². The highest BCUT2D eigenvalue weighted by Gasteiger charge is 2.32. The first-order valence-electron chi connectivity index (χ1n) is 14.4. The summed E-state index contributed by atoms with van der Waals surface area (Å²) in [7, 11) is 0. The zero-order valence-corrected chi connectivity index (χ0v) is 22.8. The lowest BCUT2D eigenvalue weighted by atomic mass is 9.79. The smallest absolute Gasteiger partial charge is 0.000718 e. The molecule has 0 saturated carbocycles. The van der Waals surface area contributed by atoms with E-state index in [-0.39, 0.29) is 0 Å². The van der Waals surface area contributed by atoms with Crippen molar-refractivity contribution in [3.05, 3.63) is 145 Å². The predicted octanol–water partition coefficient (Wildman–Crippen LogP) is 11.6. The second-order valence-corrected chi connectivity index (χ2v) is 11.2. The molecule has 9 rings (SSSR count). The maximum atomic E-state index is 2.36. The normalized spacial score (nSPS) is 12.0. The van der Waals surface area contributed by atoms with Crippen molar-refractivity contribution in [3.8, 4) is 44.5 Å². The van der Waals surface area contributed by atoms with Gasteiger partial charge >= 0.3 is 0 Å². The van der Waals surface area contributed by atoms with E-state index in [2.05, 4.69) is 146 Å². The molecule has 0 amide bonds. The van der Waals surface area contributed by atoms with Crippen molar-refractivity contribution < 1.29 is 0 Å². The summed E-state index contributed by atoms with van der Waals surface area (Å²) in [5.74, 6) is 0. The van der Waals surface area contributed by atoms with Gasteiger partial charge in [-0.25, -0.2) is 0 Å². The van der Waals surface area contributed by atoms with Crippen LogP contribution in [0.15, 0.2) is 140 Å². The Hall–Kier alpha value is -5.20. The Labute approximate surface area is 239 Å². The molecule has 0 nitrogen and oxygen atoms in total. The second kappa shape index (κ2) is 8.40. The molecule has 0 atom stereocenters. The summed E-state index contributed by atoms with van der Waals surface area (Å²) in [6.07, 6.45) is 0. The van der Waals surface area contributed by atoms with Crippen LogP contribution in [0.2, 0.25) is 0 Å². The zero-order valence-electron chi connectivity index (χ0n) is 22.8. The molecule has 0 N–H and O–H groups in total. The van der Waals surface area contributed by atoms with E-state index in [1.807, 2.05) is 0 Å². The van der Waals surface area contributed by atoms with Crippen molar-refractivity contribution in [1.29, 1.82) is 0 Å². The number of hydrogen-bond donors (Lipinski definition) is 0. The Balaban J connectivity index is 1.68. The molecule has 0 spiro atoms. The molecular formula is C41H26. The van der Waals surface area contributed by atoms with Crippen LogP contribution in [0.3, 0.4) is 0 Å². The lowest BCUT2D eigenvalue weighted by Gasteiger charge is -2.23. The third-order valence-electron chi connectivity index (χ3n) is 9.11. The Morgan fingerprint density at radius 3 is 1.27 bits per heavy atom. The van der Waals surface area contributed by atoms with Gasteiger partial charge in [0.1, 0.15) is 0 Å². The molecule has 0 aliphatic heterocycles. The molecule has 8 aromatic carbocycles. The Kier molecular flexibility index (Phi) is 4.63. The van der Waals surface area contributed by atoms with E-state index < -0.39 is 0 Å². The van der Waals surface area contributed by atoms with Gasteiger partial charge in [-0.05, 0) is 100 Å². The zero-order chi connectivity index (χ0) is 27.1. The molecule has 41 heavy (non-hydrogen) atoms. The monoisotopic (exact) mass is 518 g/mol. The van der Waals surface area contributed by atoms with Crippen LogP contribution in [-0.4, -0.2) is 0 Å². The summed E-state index contributed by atoms with van der Waals surface area (Å²) >= 11 is 0. The van der Waals surface area contributed by atoms with E-state index in [0.29, 0.717) is 0 Å². The van der Waals surface area contributed by atoms with Crippen molar-refractivity contribution in [2.45, 2.75) is 6.92 Å². The Morgan fingerprint density at radius 2 is 0.732 bits per heavy atom. The highest BCUT2D eigenvalue weighted by atomic mass is 14.3. The maximum absolute atomic E-state index is 2.36. The molecule has 0 bridgehead atoms. The summed E-state index contributed by atoms with van der Waals surface area (Å²) < 4.78 is 0. The minimum Gasteiger partial charge on any atom is -0.0622 e. The maximum Gasteiger partial charge on any atom is -0.000718 e. The number of rotatable bonds is 2. The van der Waals surface area contributed by atoms with Crippen LogP contribution in [0.25, 0.3) is 87.6 Å². The van der Waals surface area contributed by atoms with Crippen molar-refractivity contribution in [3.63, 3.8) is 0 Å². The Bertz CT molecular complexity index is 2210. The molecule has 0 unspecified atom stereocenters. The fraction of sp³-hybridized carbons (Fsp3) is 0.0244. The van der Waals surface area contributed by atoms with Gasteiger partial charge in [0.2, 0.25) is 0 Å². The molecule has 1 aliphatic rings. The van der Waals surface area contributed by atoms with E-state index in [9.17, 15) is 0 Å². The topological polar surface area (TPSA) is 0 Å². The van der Waals surface area contributed by atoms with Crippen molar-refractivity contribution in [2.24, 2.45) is 0 Å². The first kappa shape index (κ1) is 22.6. The van der Waals surface area contributed by atoms with E-state index in [0.717, 1.165) is 0 Å². The third kappa shape index (κ3) is 3.00. The lowest BCUT2D eigenvalue weighted by molar-refractivity contribution is 1.54. The summed E-state index contributed by atoms with van der Waals surface area (Å²) in [5.41, 5.74) is 11.9. The van der Waals surface area contributed by atoms with Crippen LogP contribution in [0.5, 0.6) is 0 Å². The first-order valence-corrected chi connectivity index (χ1v) is 14.4. The molecular weight excluding hydrogens is 492 g/mol. The average molecular weight is 519 g/mol. The van der Waals surface area contributed by atoms with Crippen LogP contribution in [0.1, 0.15) is 5.56 Å². The molecule has 0 aromatic heterocycles. The van der Waals surface area contributed by atoms with Gasteiger partial charge in [0.05, 0.1) is 0 Å².